The van der Waals surface area contributed by atoms with E-state index in [1.54, 1.807) is 0 Å². The molecule has 1 N–H and O–H groups in total. The fraction of sp³-hybridized carbons (Fsp3) is 0.261. The van der Waals surface area contributed by atoms with Gasteiger partial charge < -0.3 is 5.32 Å². The summed E-state index contributed by atoms with van der Waals surface area (Å²) in [6.45, 7) is 3.13. The maximum atomic E-state index is 13.5. The van der Waals surface area contributed by atoms with Crippen molar-refractivity contribution >= 4 is 32.4 Å². The first-order valence-electron chi connectivity index (χ1n) is 10.1. The standard InChI is InChI=1S/C23H24FN3O3S/c1-17(23(28)25-21-10-9-18-5-2-3-6-19(18)15-21)26-11-13-27(14-12-26)31(29,30)22-8-4-7-20(24)16-22/h2-10,15-17H,11-14H2,1H3,(H,25,28). The highest BCUT2D eigenvalue weighted by atomic mass is 32.2. The second-order valence-corrected chi connectivity index (χ2v) is 9.56. The summed E-state index contributed by atoms with van der Waals surface area (Å²) in [7, 11) is -3.76. The number of carbonyl (C=O) groups excluding carboxylic acids is 1. The Bertz CT molecular complexity index is 1210. The number of rotatable bonds is 5. The average molecular weight is 442 g/mol. The molecule has 6 nitrogen and oxygen atoms in total. The van der Waals surface area contributed by atoms with E-state index >= 15 is 0 Å². The predicted octanol–water partition coefficient (Wildman–Crippen LogP) is 3.31. The number of amides is 1. The average Bonchev–Trinajstić information content (AvgIpc) is 2.78. The van der Waals surface area contributed by atoms with Gasteiger partial charge in [-0.05, 0) is 48.0 Å². The normalized spacial score (nSPS) is 16.8. The molecule has 1 aliphatic heterocycles. The van der Waals surface area contributed by atoms with Crippen LogP contribution in [0.4, 0.5) is 10.1 Å². The summed E-state index contributed by atoms with van der Waals surface area (Å²) in [4.78, 5) is 14.7. The SMILES string of the molecule is CC(C(=O)Nc1ccc2ccccc2c1)N1CCN(S(=O)(=O)c2cccc(F)c2)CC1. The van der Waals surface area contributed by atoms with Crippen molar-refractivity contribution in [1.82, 2.24) is 9.21 Å². The third-order valence-corrected chi connectivity index (χ3v) is 7.55. The molecular weight excluding hydrogens is 417 g/mol. The summed E-state index contributed by atoms with van der Waals surface area (Å²) >= 11 is 0. The molecule has 0 bridgehead atoms. The number of nitrogens with one attached hydrogen (secondary N) is 1. The second kappa shape index (κ2) is 8.74. The van der Waals surface area contributed by atoms with Gasteiger partial charge in [0.25, 0.3) is 0 Å². The highest BCUT2D eigenvalue weighted by molar-refractivity contribution is 7.89. The van der Waals surface area contributed by atoms with E-state index in [-0.39, 0.29) is 23.9 Å². The van der Waals surface area contributed by atoms with Crippen LogP contribution in [0.15, 0.2) is 71.6 Å². The molecule has 1 aliphatic rings. The smallest absolute Gasteiger partial charge is 0.243 e. The molecule has 0 aromatic heterocycles. The van der Waals surface area contributed by atoms with Crippen LogP contribution >= 0.6 is 0 Å². The number of halogens is 1. The lowest BCUT2D eigenvalue weighted by Crippen LogP contribution is -2.53. The number of fused-ring (bicyclic) bond motifs is 1. The van der Waals surface area contributed by atoms with Gasteiger partial charge in [0.05, 0.1) is 10.9 Å². The maximum Gasteiger partial charge on any atom is 0.243 e. The molecule has 1 amide bonds. The molecule has 3 aromatic rings. The van der Waals surface area contributed by atoms with Crippen molar-refractivity contribution in [2.24, 2.45) is 0 Å². The fourth-order valence-corrected chi connectivity index (χ4v) is 5.24. The van der Waals surface area contributed by atoms with E-state index < -0.39 is 21.9 Å². The largest absolute Gasteiger partial charge is 0.325 e. The molecule has 0 spiro atoms. The third-order valence-electron chi connectivity index (χ3n) is 5.65. The lowest BCUT2D eigenvalue weighted by atomic mass is 10.1. The first-order chi connectivity index (χ1) is 14.8. The van der Waals surface area contributed by atoms with Crippen LogP contribution in [0.25, 0.3) is 10.8 Å². The van der Waals surface area contributed by atoms with Crippen molar-refractivity contribution in [3.05, 3.63) is 72.5 Å². The number of anilines is 1. The lowest BCUT2D eigenvalue weighted by molar-refractivity contribution is -0.121. The zero-order valence-electron chi connectivity index (χ0n) is 17.2. The Morgan fingerprint density at radius 2 is 1.65 bits per heavy atom. The van der Waals surface area contributed by atoms with E-state index in [1.807, 2.05) is 54.3 Å². The minimum absolute atomic E-state index is 0.0527. The van der Waals surface area contributed by atoms with Crippen molar-refractivity contribution < 1.29 is 17.6 Å². The number of piperazine rings is 1. The van der Waals surface area contributed by atoms with Crippen molar-refractivity contribution in [3.63, 3.8) is 0 Å². The van der Waals surface area contributed by atoms with Crippen molar-refractivity contribution in [2.75, 3.05) is 31.5 Å². The highest BCUT2D eigenvalue weighted by Crippen LogP contribution is 2.21. The number of nitrogens with zero attached hydrogens (tertiary/aromatic N) is 2. The van der Waals surface area contributed by atoms with Gasteiger partial charge in [0.1, 0.15) is 5.82 Å². The summed E-state index contributed by atoms with van der Waals surface area (Å²) in [6.07, 6.45) is 0. The second-order valence-electron chi connectivity index (χ2n) is 7.62. The van der Waals surface area contributed by atoms with E-state index in [2.05, 4.69) is 5.32 Å². The quantitative estimate of drug-likeness (QED) is 0.660. The number of carbonyl (C=O) groups is 1. The van der Waals surface area contributed by atoms with E-state index in [1.165, 1.54) is 22.5 Å². The molecule has 0 radical (unpaired) electrons. The van der Waals surface area contributed by atoms with Gasteiger partial charge in [-0.25, -0.2) is 12.8 Å². The van der Waals surface area contributed by atoms with E-state index in [4.69, 9.17) is 0 Å². The highest BCUT2D eigenvalue weighted by Gasteiger charge is 2.32. The fourth-order valence-electron chi connectivity index (χ4n) is 3.79. The molecule has 31 heavy (non-hydrogen) atoms. The van der Waals surface area contributed by atoms with Gasteiger partial charge in [-0.1, -0.05) is 36.4 Å². The molecule has 1 atom stereocenters. The van der Waals surface area contributed by atoms with Gasteiger partial charge in [0, 0.05) is 31.9 Å². The van der Waals surface area contributed by atoms with Gasteiger partial charge in [0.15, 0.2) is 0 Å². The van der Waals surface area contributed by atoms with E-state index in [0.29, 0.717) is 13.1 Å². The predicted molar refractivity (Wildman–Crippen MR) is 119 cm³/mol. The lowest BCUT2D eigenvalue weighted by Gasteiger charge is -2.36. The Labute approximate surface area is 181 Å². The Kier molecular flexibility index (Phi) is 6.04. The Balaban J connectivity index is 1.38. The van der Waals surface area contributed by atoms with Crippen LogP contribution in [0.5, 0.6) is 0 Å². The Morgan fingerprint density at radius 1 is 0.935 bits per heavy atom. The molecule has 162 valence electrons. The van der Waals surface area contributed by atoms with Crippen LogP contribution < -0.4 is 5.32 Å². The zero-order valence-corrected chi connectivity index (χ0v) is 18.0. The maximum absolute atomic E-state index is 13.5. The minimum atomic E-state index is -3.76. The molecule has 1 fully saturated rings. The summed E-state index contributed by atoms with van der Waals surface area (Å²) in [5.41, 5.74) is 0.725. The number of hydrogen-bond donors (Lipinski definition) is 1. The van der Waals surface area contributed by atoms with Gasteiger partial charge in [-0.15, -0.1) is 0 Å². The third kappa shape index (κ3) is 4.61. The van der Waals surface area contributed by atoms with Gasteiger partial charge in [0.2, 0.25) is 15.9 Å². The van der Waals surface area contributed by atoms with Crippen LogP contribution in [0.3, 0.4) is 0 Å². The van der Waals surface area contributed by atoms with Crippen LogP contribution in [-0.2, 0) is 14.8 Å². The molecule has 4 rings (SSSR count). The topological polar surface area (TPSA) is 69.7 Å². The van der Waals surface area contributed by atoms with Gasteiger partial charge in [-0.3, -0.25) is 9.69 Å². The molecule has 1 saturated heterocycles. The van der Waals surface area contributed by atoms with Crippen LogP contribution in [0, 0.1) is 5.82 Å². The number of sulfonamides is 1. The molecule has 3 aromatic carbocycles. The van der Waals surface area contributed by atoms with Crippen LogP contribution in [-0.4, -0.2) is 55.8 Å². The molecule has 1 unspecified atom stereocenters. The zero-order chi connectivity index (χ0) is 22.0. The van der Waals surface area contributed by atoms with Crippen LogP contribution in [0.1, 0.15) is 6.92 Å². The summed E-state index contributed by atoms with van der Waals surface area (Å²) < 4.78 is 40.3. The number of benzene rings is 3. The molecule has 1 heterocycles. The van der Waals surface area contributed by atoms with Gasteiger partial charge in [-0.2, -0.15) is 4.31 Å². The summed E-state index contributed by atoms with van der Waals surface area (Å²) in [5.74, 6) is -0.726. The van der Waals surface area contributed by atoms with E-state index in [0.717, 1.165) is 22.5 Å². The van der Waals surface area contributed by atoms with E-state index in [9.17, 15) is 17.6 Å². The van der Waals surface area contributed by atoms with Gasteiger partial charge >= 0.3 is 0 Å². The molecule has 8 heteroatoms. The van der Waals surface area contributed by atoms with Crippen LogP contribution in [0.2, 0.25) is 0 Å². The molecule has 0 saturated carbocycles. The minimum Gasteiger partial charge on any atom is -0.325 e. The van der Waals surface area contributed by atoms with Crippen molar-refractivity contribution in [3.8, 4) is 0 Å². The van der Waals surface area contributed by atoms with Crippen molar-refractivity contribution in [2.45, 2.75) is 17.9 Å². The number of hydrogen-bond acceptors (Lipinski definition) is 4. The molecule has 0 aliphatic carbocycles. The van der Waals surface area contributed by atoms with Crippen molar-refractivity contribution in [1.29, 1.82) is 0 Å². The summed E-state index contributed by atoms with van der Waals surface area (Å²) in [5, 5.41) is 5.10. The Morgan fingerprint density at radius 3 is 2.35 bits per heavy atom. The monoisotopic (exact) mass is 441 g/mol. The first kappa shape index (κ1) is 21.4. The first-order valence-corrected chi connectivity index (χ1v) is 11.6. The summed E-state index contributed by atoms with van der Waals surface area (Å²) in [6, 6.07) is 18.3. The molecular formula is C23H24FN3O3S. The Hall–Kier alpha value is -2.81.